The maximum Gasteiger partial charge on any atom is 0.338 e. The Bertz CT molecular complexity index is 1550. The molecule has 37 heavy (non-hydrogen) atoms. The van der Waals surface area contributed by atoms with Gasteiger partial charge in [-0.05, 0) is 37.3 Å². The van der Waals surface area contributed by atoms with Crippen molar-refractivity contribution in [3.05, 3.63) is 113 Å². The van der Waals surface area contributed by atoms with Gasteiger partial charge in [-0.15, -0.1) is 0 Å². The molecule has 0 saturated carbocycles. The summed E-state index contributed by atoms with van der Waals surface area (Å²) in [6.45, 7) is 1.42. The van der Waals surface area contributed by atoms with E-state index in [9.17, 15) is 19.2 Å². The fraction of sp³-hybridized carbons (Fsp3) is 0.0714. The molecule has 2 N–H and O–H groups in total. The molecule has 0 radical (unpaired) electrons. The quantitative estimate of drug-likeness (QED) is 0.338. The zero-order chi connectivity index (χ0) is 25.9. The van der Waals surface area contributed by atoms with E-state index in [2.05, 4.69) is 20.6 Å². The van der Waals surface area contributed by atoms with E-state index in [0.29, 0.717) is 17.2 Å². The van der Waals surface area contributed by atoms with Crippen molar-refractivity contribution in [1.29, 1.82) is 0 Å². The molecule has 0 bridgehead atoms. The second kappa shape index (κ2) is 9.82. The molecule has 4 aromatic rings. The molecule has 1 aromatic heterocycles. The number of hydrogen-bond donors (Lipinski definition) is 2. The van der Waals surface area contributed by atoms with Crippen LogP contribution >= 0.6 is 0 Å². The van der Waals surface area contributed by atoms with Crippen LogP contribution in [0.25, 0.3) is 0 Å². The number of ether oxygens (including phenoxy) is 1. The molecule has 182 valence electrons. The number of nitrogens with zero attached hydrogens (tertiary/aromatic N) is 2. The number of ketones is 2. The van der Waals surface area contributed by atoms with Crippen molar-refractivity contribution in [3.63, 3.8) is 0 Å². The van der Waals surface area contributed by atoms with Crippen molar-refractivity contribution in [3.8, 4) is 0 Å². The third-order valence-corrected chi connectivity index (χ3v) is 5.78. The number of aromatic nitrogens is 2. The summed E-state index contributed by atoms with van der Waals surface area (Å²) in [7, 11) is 0. The molecule has 0 unspecified atom stereocenters. The first-order valence-corrected chi connectivity index (χ1v) is 11.4. The Kier molecular flexibility index (Phi) is 6.25. The fourth-order valence-electron chi connectivity index (χ4n) is 3.98. The monoisotopic (exact) mass is 492 g/mol. The molecule has 0 spiro atoms. The number of hydrogen-bond acceptors (Lipinski definition) is 8. The molecule has 0 saturated heterocycles. The lowest BCUT2D eigenvalue weighted by Crippen LogP contribution is -2.31. The first kappa shape index (κ1) is 23.6. The Morgan fingerprint density at radius 3 is 2.24 bits per heavy atom. The lowest BCUT2D eigenvalue weighted by molar-refractivity contribution is -0.123. The van der Waals surface area contributed by atoms with Crippen LogP contribution < -0.4 is 10.6 Å². The van der Waals surface area contributed by atoms with Crippen molar-refractivity contribution in [2.24, 2.45) is 0 Å². The van der Waals surface area contributed by atoms with E-state index >= 15 is 0 Å². The van der Waals surface area contributed by atoms with E-state index in [4.69, 9.17) is 4.74 Å². The molecule has 9 nitrogen and oxygen atoms in total. The molecule has 5 rings (SSSR count). The minimum atomic E-state index is -1.18. The summed E-state index contributed by atoms with van der Waals surface area (Å²) in [6, 6.07) is 19.4. The van der Waals surface area contributed by atoms with Crippen LogP contribution in [0.3, 0.4) is 0 Å². The maximum absolute atomic E-state index is 13.1. The number of esters is 1. The Morgan fingerprint density at radius 1 is 0.811 bits per heavy atom. The molecule has 1 heterocycles. The maximum atomic E-state index is 13.1. The zero-order valence-electron chi connectivity index (χ0n) is 19.6. The molecule has 1 aliphatic rings. The van der Waals surface area contributed by atoms with Gasteiger partial charge in [0.25, 0.3) is 5.91 Å². The van der Waals surface area contributed by atoms with Crippen LogP contribution in [0.5, 0.6) is 0 Å². The van der Waals surface area contributed by atoms with Gasteiger partial charge in [-0.2, -0.15) is 0 Å². The first-order chi connectivity index (χ1) is 17.9. The van der Waals surface area contributed by atoms with Crippen LogP contribution in [-0.2, 0) is 9.53 Å². The molecule has 1 atom stereocenters. The van der Waals surface area contributed by atoms with Gasteiger partial charge in [-0.25, -0.2) is 14.8 Å². The third-order valence-electron chi connectivity index (χ3n) is 5.78. The number of anilines is 3. The number of nitrogens with one attached hydrogen (secondary N) is 2. The van der Waals surface area contributed by atoms with Gasteiger partial charge >= 0.3 is 5.97 Å². The number of fused-ring (bicyclic) bond motifs is 2. The lowest BCUT2D eigenvalue weighted by atomic mass is 9.83. The van der Waals surface area contributed by atoms with Gasteiger partial charge in [0, 0.05) is 34.8 Å². The highest BCUT2D eigenvalue weighted by atomic mass is 16.5. The van der Waals surface area contributed by atoms with Crippen molar-refractivity contribution >= 4 is 40.8 Å². The van der Waals surface area contributed by atoms with E-state index in [1.54, 1.807) is 79.1 Å². The van der Waals surface area contributed by atoms with Crippen LogP contribution in [0, 0.1) is 0 Å². The van der Waals surface area contributed by atoms with E-state index in [1.807, 2.05) is 0 Å². The van der Waals surface area contributed by atoms with E-state index in [-0.39, 0.29) is 39.5 Å². The molecule has 1 aliphatic carbocycles. The summed E-state index contributed by atoms with van der Waals surface area (Å²) in [5.74, 6) is -1.65. The number of rotatable bonds is 6. The number of carbonyl (C=O) groups is 4. The standard InChI is InChI=1S/C28H20N4O5/c1-16(37-27(36)17-7-4-8-18(15-17)31-28-29-13-6-14-30-28)26(35)32-22-12-5-11-21-23(22)25(34)20-10-3-2-9-19(20)24(21)33/h2-16H,1H3,(H,32,35)(H,29,30,31)/t16-/m1/s1. The number of amides is 1. The summed E-state index contributed by atoms with van der Waals surface area (Å²) in [5.41, 5.74) is 1.87. The van der Waals surface area contributed by atoms with Gasteiger partial charge in [-0.1, -0.05) is 42.5 Å². The summed E-state index contributed by atoms with van der Waals surface area (Å²) in [5, 5.41) is 5.62. The van der Waals surface area contributed by atoms with Crippen molar-refractivity contribution in [2.75, 3.05) is 10.6 Å². The second-order valence-corrected chi connectivity index (χ2v) is 8.25. The van der Waals surface area contributed by atoms with Crippen LogP contribution in [0.1, 0.15) is 49.1 Å². The van der Waals surface area contributed by atoms with Crippen LogP contribution in [-0.4, -0.2) is 39.5 Å². The summed E-state index contributed by atoms with van der Waals surface area (Å²) in [6.07, 6.45) is 1.98. The van der Waals surface area contributed by atoms with E-state index < -0.39 is 18.0 Å². The van der Waals surface area contributed by atoms with Gasteiger partial charge in [0.15, 0.2) is 17.7 Å². The highest BCUT2D eigenvalue weighted by Crippen LogP contribution is 2.32. The smallest absolute Gasteiger partial charge is 0.338 e. The van der Waals surface area contributed by atoms with E-state index in [0.717, 1.165) is 0 Å². The summed E-state index contributed by atoms with van der Waals surface area (Å²) >= 11 is 0. The minimum absolute atomic E-state index is 0.111. The average Bonchev–Trinajstić information content (AvgIpc) is 2.92. The van der Waals surface area contributed by atoms with Crippen molar-refractivity contribution in [1.82, 2.24) is 9.97 Å². The molecular formula is C28H20N4O5. The lowest BCUT2D eigenvalue weighted by Gasteiger charge is -2.21. The molecule has 0 aliphatic heterocycles. The van der Waals surface area contributed by atoms with Gasteiger partial charge in [0.05, 0.1) is 16.8 Å². The molecule has 3 aromatic carbocycles. The topological polar surface area (TPSA) is 127 Å². The summed E-state index contributed by atoms with van der Waals surface area (Å²) in [4.78, 5) is 59.8. The third kappa shape index (κ3) is 4.70. The summed E-state index contributed by atoms with van der Waals surface area (Å²) < 4.78 is 5.36. The largest absolute Gasteiger partial charge is 0.449 e. The Labute approximate surface area is 211 Å². The second-order valence-electron chi connectivity index (χ2n) is 8.25. The SMILES string of the molecule is C[C@@H](OC(=O)c1cccc(Nc2ncccn2)c1)C(=O)Nc1cccc2c1C(=O)c1ccccc1C2=O. The van der Waals surface area contributed by atoms with Gasteiger partial charge in [0.2, 0.25) is 5.95 Å². The van der Waals surface area contributed by atoms with Crippen LogP contribution in [0.2, 0.25) is 0 Å². The normalized spacial score (nSPS) is 12.7. The van der Waals surface area contributed by atoms with Crippen molar-refractivity contribution in [2.45, 2.75) is 13.0 Å². The number of benzene rings is 3. The predicted molar refractivity (Wildman–Crippen MR) is 135 cm³/mol. The minimum Gasteiger partial charge on any atom is -0.449 e. The fourth-order valence-corrected chi connectivity index (χ4v) is 3.98. The van der Waals surface area contributed by atoms with Crippen molar-refractivity contribution < 1.29 is 23.9 Å². The Hall–Kier alpha value is -5.18. The molecule has 0 fully saturated rings. The van der Waals surface area contributed by atoms with Gasteiger partial charge in [-0.3, -0.25) is 14.4 Å². The number of carbonyl (C=O) groups excluding carboxylic acids is 4. The average molecular weight is 492 g/mol. The van der Waals surface area contributed by atoms with Gasteiger partial charge in [0.1, 0.15) is 0 Å². The van der Waals surface area contributed by atoms with Crippen LogP contribution in [0.4, 0.5) is 17.3 Å². The first-order valence-electron chi connectivity index (χ1n) is 11.4. The Morgan fingerprint density at radius 2 is 1.49 bits per heavy atom. The Balaban J connectivity index is 1.30. The molecule has 1 amide bonds. The predicted octanol–water partition coefficient (Wildman–Crippen LogP) is 4.18. The molecular weight excluding hydrogens is 472 g/mol. The highest BCUT2D eigenvalue weighted by molar-refractivity contribution is 6.30. The zero-order valence-corrected chi connectivity index (χ0v) is 19.6. The van der Waals surface area contributed by atoms with Gasteiger partial charge < -0.3 is 15.4 Å². The highest BCUT2D eigenvalue weighted by Gasteiger charge is 2.32. The van der Waals surface area contributed by atoms with Crippen LogP contribution in [0.15, 0.2) is 85.2 Å². The van der Waals surface area contributed by atoms with E-state index in [1.165, 1.54) is 13.0 Å². The molecule has 9 heteroatoms.